The third-order valence-electron chi connectivity index (χ3n) is 6.26. The third kappa shape index (κ3) is 11.1. The molecule has 1 aromatic rings. The molecule has 0 aromatic carbocycles. The van der Waals surface area contributed by atoms with Crippen LogP contribution in [0.25, 0.3) is 6.08 Å². The molecule has 1 heterocycles. The van der Waals surface area contributed by atoms with Crippen molar-refractivity contribution in [1.29, 1.82) is 0 Å². The van der Waals surface area contributed by atoms with Crippen molar-refractivity contribution >= 4 is 29.1 Å². The van der Waals surface area contributed by atoms with E-state index in [0.29, 0.717) is 12.3 Å². The van der Waals surface area contributed by atoms with Gasteiger partial charge in [0.1, 0.15) is 0 Å². The molecule has 2 rings (SSSR count). The van der Waals surface area contributed by atoms with E-state index in [-0.39, 0.29) is 5.78 Å². The van der Waals surface area contributed by atoms with Crippen LogP contribution in [0.2, 0.25) is 0 Å². The molecule has 0 bridgehead atoms. The molecule has 0 atom stereocenters. The molecule has 1 saturated carbocycles. The summed E-state index contributed by atoms with van der Waals surface area (Å²) in [4.78, 5) is 25.5. The Hall–Kier alpha value is -1.42. The molecule has 168 valence electrons. The second-order valence-corrected chi connectivity index (χ2v) is 10.1. The number of carbonyl (C=O) groups excluding carboxylic acids is 2. The average Bonchev–Trinajstić information content (AvgIpc) is 3.20. The minimum Gasteiger partial charge on any atom is -0.366 e. The zero-order valence-electron chi connectivity index (χ0n) is 18.7. The SMILES string of the molecule is NC(=O)/C=C/c1ccc(C(=O)CC2CCCCCCCCCCCCCCCC2)s1. The van der Waals surface area contributed by atoms with Crippen molar-refractivity contribution < 1.29 is 9.59 Å². The third-order valence-corrected chi connectivity index (χ3v) is 7.35. The fourth-order valence-corrected chi connectivity index (χ4v) is 5.31. The lowest BCUT2D eigenvalue weighted by Gasteiger charge is -2.16. The number of thiophene rings is 1. The second kappa shape index (κ2) is 15.4. The zero-order valence-corrected chi connectivity index (χ0v) is 19.5. The molecule has 1 fully saturated rings. The maximum Gasteiger partial charge on any atom is 0.241 e. The lowest BCUT2D eigenvalue weighted by molar-refractivity contribution is -0.113. The summed E-state index contributed by atoms with van der Waals surface area (Å²) < 4.78 is 0. The van der Waals surface area contributed by atoms with Crippen molar-refractivity contribution in [1.82, 2.24) is 0 Å². The molecule has 0 saturated heterocycles. The summed E-state index contributed by atoms with van der Waals surface area (Å²) in [5.41, 5.74) is 5.16. The maximum absolute atomic E-state index is 12.9. The van der Waals surface area contributed by atoms with Crippen molar-refractivity contribution in [3.05, 3.63) is 28.0 Å². The van der Waals surface area contributed by atoms with E-state index in [2.05, 4.69) is 0 Å². The molecule has 0 unspecified atom stereocenters. The molecule has 2 N–H and O–H groups in total. The molecule has 4 heteroatoms. The summed E-state index contributed by atoms with van der Waals surface area (Å²) in [7, 11) is 0. The summed E-state index contributed by atoms with van der Waals surface area (Å²) in [6.45, 7) is 0. The standard InChI is InChI=1S/C26H41NO2S/c27-26(29)20-18-23-17-19-25(30-23)24(28)21-22-15-13-11-9-7-5-3-1-2-4-6-8-10-12-14-16-22/h17-20,22H,1-16,21H2,(H2,27,29)/b20-18+. The Morgan fingerprint density at radius 3 is 1.73 bits per heavy atom. The van der Waals surface area contributed by atoms with E-state index in [1.807, 2.05) is 12.1 Å². The van der Waals surface area contributed by atoms with Crippen LogP contribution in [0.4, 0.5) is 0 Å². The first kappa shape index (κ1) is 24.8. The minimum absolute atomic E-state index is 0.259. The van der Waals surface area contributed by atoms with Gasteiger partial charge in [-0.15, -0.1) is 11.3 Å². The van der Waals surface area contributed by atoms with Gasteiger partial charge in [-0.05, 0) is 24.1 Å². The molecular weight excluding hydrogens is 390 g/mol. The summed E-state index contributed by atoms with van der Waals surface area (Å²) in [6, 6.07) is 3.80. The number of hydrogen-bond donors (Lipinski definition) is 1. The van der Waals surface area contributed by atoms with Gasteiger partial charge in [-0.3, -0.25) is 9.59 Å². The molecule has 0 spiro atoms. The van der Waals surface area contributed by atoms with E-state index < -0.39 is 5.91 Å². The van der Waals surface area contributed by atoms with Crippen LogP contribution in [0.3, 0.4) is 0 Å². The van der Waals surface area contributed by atoms with Gasteiger partial charge in [0.05, 0.1) is 4.88 Å². The van der Waals surface area contributed by atoms with Crippen molar-refractivity contribution in [3.63, 3.8) is 0 Å². The smallest absolute Gasteiger partial charge is 0.241 e. The summed E-state index contributed by atoms with van der Waals surface area (Å²) in [6.07, 6.45) is 25.1. The number of ketones is 1. The van der Waals surface area contributed by atoms with Crippen LogP contribution in [0, 0.1) is 5.92 Å². The fourth-order valence-electron chi connectivity index (χ4n) is 4.46. The van der Waals surface area contributed by atoms with Gasteiger partial charge in [-0.1, -0.05) is 103 Å². The molecular formula is C26H41NO2S. The van der Waals surface area contributed by atoms with E-state index in [0.717, 1.165) is 9.75 Å². The maximum atomic E-state index is 12.9. The fraction of sp³-hybridized carbons (Fsp3) is 0.692. The van der Waals surface area contributed by atoms with E-state index in [1.54, 1.807) is 6.08 Å². The number of nitrogens with two attached hydrogens (primary N) is 1. The van der Waals surface area contributed by atoms with E-state index >= 15 is 0 Å². The number of hydrogen-bond acceptors (Lipinski definition) is 3. The average molecular weight is 432 g/mol. The van der Waals surface area contributed by atoms with Crippen molar-refractivity contribution in [3.8, 4) is 0 Å². The van der Waals surface area contributed by atoms with Crippen LogP contribution in [-0.4, -0.2) is 11.7 Å². The van der Waals surface area contributed by atoms with Crippen LogP contribution in [0.5, 0.6) is 0 Å². The number of amides is 1. The first-order valence-corrected chi connectivity index (χ1v) is 13.1. The van der Waals surface area contributed by atoms with E-state index in [9.17, 15) is 9.59 Å². The Morgan fingerprint density at radius 1 is 0.800 bits per heavy atom. The Kier molecular flexibility index (Phi) is 12.7. The number of primary amides is 1. The molecule has 1 amide bonds. The summed E-state index contributed by atoms with van der Waals surface area (Å²) >= 11 is 1.46. The van der Waals surface area contributed by atoms with Crippen molar-refractivity contribution in [2.75, 3.05) is 0 Å². The highest BCUT2D eigenvalue weighted by Crippen LogP contribution is 2.27. The zero-order chi connectivity index (χ0) is 21.4. The monoisotopic (exact) mass is 431 g/mol. The van der Waals surface area contributed by atoms with Crippen LogP contribution < -0.4 is 5.73 Å². The van der Waals surface area contributed by atoms with Crippen LogP contribution >= 0.6 is 11.3 Å². The Balaban J connectivity index is 1.84. The Labute approximate surface area is 187 Å². The van der Waals surface area contributed by atoms with Gasteiger partial charge in [0, 0.05) is 17.4 Å². The van der Waals surface area contributed by atoms with Crippen LogP contribution in [0.1, 0.15) is 124 Å². The topological polar surface area (TPSA) is 60.2 Å². The van der Waals surface area contributed by atoms with Gasteiger partial charge in [0.25, 0.3) is 0 Å². The molecule has 0 radical (unpaired) electrons. The normalized spacial score (nSPS) is 19.5. The Morgan fingerprint density at radius 2 is 1.27 bits per heavy atom. The lowest BCUT2D eigenvalue weighted by Crippen LogP contribution is -2.08. The molecule has 1 aliphatic rings. The molecule has 30 heavy (non-hydrogen) atoms. The van der Waals surface area contributed by atoms with E-state index in [1.165, 1.54) is 120 Å². The van der Waals surface area contributed by atoms with Gasteiger partial charge < -0.3 is 5.73 Å². The highest BCUT2D eigenvalue weighted by molar-refractivity contribution is 7.14. The number of Topliss-reactive ketones (excluding diaryl/α,β-unsaturated/α-hetero) is 1. The lowest BCUT2D eigenvalue weighted by atomic mass is 9.89. The van der Waals surface area contributed by atoms with Crippen molar-refractivity contribution in [2.24, 2.45) is 11.7 Å². The number of carbonyl (C=O) groups is 2. The number of rotatable bonds is 5. The Bertz CT molecular complexity index is 631. The highest BCUT2D eigenvalue weighted by Gasteiger charge is 2.16. The molecule has 1 aliphatic carbocycles. The molecule has 0 aliphatic heterocycles. The summed E-state index contributed by atoms with van der Waals surface area (Å²) in [5, 5.41) is 0. The van der Waals surface area contributed by atoms with Gasteiger partial charge in [-0.25, -0.2) is 0 Å². The van der Waals surface area contributed by atoms with Gasteiger partial charge in [-0.2, -0.15) is 0 Å². The first-order chi connectivity index (χ1) is 14.6. The minimum atomic E-state index is -0.460. The van der Waals surface area contributed by atoms with Crippen LogP contribution in [-0.2, 0) is 4.79 Å². The summed E-state index contributed by atoms with van der Waals surface area (Å²) in [5.74, 6) is 0.312. The van der Waals surface area contributed by atoms with Crippen LogP contribution in [0.15, 0.2) is 18.2 Å². The largest absolute Gasteiger partial charge is 0.366 e. The van der Waals surface area contributed by atoms with Gasteiger partial charge >= 0.3 is 0 Å². The van der Waals surface area contributed by atoms with Crippen molar-refractivity contribution in [2.45, 2.75) is 109 Å². The highest BCUT2D eigenvalue weighted by atomic mass is 32.1. The molecule has 3 nitrogen and oxygen atoms in total. The van der Waals surface area contributed by atoms with E-state index in [4.69, 9.17) is 5.73 Å². The quantitative estimate of drug-likeness (QED) is 0.383. The second-order valence-electron chi connectivity index (χ2n) is 8.96. The molecule has 1 aromatic heterocycles. The first-order valence-electron chi connectivity index (χ1n) is 12.3. The predicted octanol–water partition coefficient (Wildman–Crippen LogP) is 7.69. The predicted molar refractivity (Wildman–Crippen MR) is 129 cm³/mol. The van der Waals surface area contributed by atoms with Gasteiger partial charge in [0.15, 0.2) is 5.78 Å². The van der Waals surface area contributed by atoms with Gasteiger partial charge in [0.2, 0.25) is 5.91 Å².